The first-order valence-electron chi connectivity index (χ1n) is 11.4. The Labute approximate surface area is 201 Å². The minimum absolute atomic E-state index is 0.165. The molecule has 0 radical (unpaired) electrons. The van der Waals surface area contributed by atoms with E-state index in [0.717, 1.165) is 49.0 Å². The standard InChI is InChI=1S/C31H22O4/c32-27-14-19-8-4-12-23(25(19)16-29(27)34)31(22-11-3-7-18-6-1-2-10-21(18)22)24-13-5-9-20-15-28(33)30(35)17-26(20)24/h1-17,31-35H. The second-order valence-corrected chi connectivity index (χ2v) is 8.82. The highest BCUT2D eigenvalue weighted by Crippen LogP contribution is 2.44. The predicted octanol–water partition coefficient (Wildman–Crippen LogP) is 7.15. The molecule has 0 aromatic heterocycles. The largest absolute Gasteiger partial charge is 0.504 e. The SMILES string of the molecule is Oc1cc2cccc(C(c3cccc4ccccc34)c3cccc4cc(O)c(O)cc34)c2cc1O. The fraction of sp³-hybridized carbons (Fsp3) is 0.0323. The molecule has 0 saturated carbocycles. The zero-order valence-electron chi connectivity index (χ0n) is 18.7. The molecule has 4 heteroatoms. The number of benzene rings is 6. The molecule has 170 valence electrons. The average molecular weight is 459 g/mol. The van der Waals surface area contributed by atoms with Crippen molar-refractivity contribution in [1.29, 1.82) is 0 Å². The fourth-order valence-corrected chi connectivity index (χ4v) is 5.16. The molecule has 6 aromatic carbocycles. The first-order valence-corrected chi connectivity index (χ1v) is 11.4. The van der Waals surface area contributed by atoms with E-state index in [4.69, 9.17) is 0 Å². The number of hydrogen-bond acceptors (Lipinski definition) is 4. The summed E-state index contributed by atoms with van der Waals surface area (Å²) in [4.78, 5) is 0. The molecule has 0 spiro atoms. The molecule has 0 aliphatic rings. The van der Waals surface area contributed by atoms with Crippen LogP contribution in [0.1, 0.15) is 22.6 Å². The number of rotatable bonds is 3. The lowest BCUT2D eigenvalue weighted by molar-refractivity contribution is 0.405. The topological polar surface area (TPSA) is 80.9 Å². The van der Waals surface area contributed by atoms with E-state index in [0.29, 0.717) is 0 Å². The third kappa shape index (κ3) is 3.39. The van der Waals surface area contributed by atoms with E-state index in [2.05, 4.69) is 24.3 Å². The molecule has 0 heterocycles. The van der Waals surface area contributed by atoms with Crippen LogP contribution in [-0.4, -0.2) is 20.4 Å². The molecule has 0 bridgehead atoms. The summed E-state index contributed by atoms with van der Waals surface area (Å²) in [6.45, 7) is 0. The Morgan fingerprint density at radius 1 is 0.371 bits per heavy atom. The zero-order valence-corrected chi connectivity index (χ0v) is 18.7. The Morgan fingerprint density at radius 2 is 0.771 bits per heavy atom. The minimum atomic E-state index is -0.263. The minimum Gasteiger partial charge on any atom is -0.504 e. The zero-order chi connectivity index (χ0) is 24.1. The molecule has 0 unspecified atom stereocenters. The van der Waals surface area contributed by atoms with Gasteiger partial charge < -0.3 is 20.4 Å². The summed E-state index contributed by atoms with van der Waals surface area (Å²) in [5.41, 5.74) is 2.98. The average Bonchev–Trinajstić information content (AvgIpc) is 2.86. The van der Waals surface area contributed by atoms with E-state index in [1.54, 1.807) is 24.3 Å². The van der Waals surface area contributed by atoms with Crippen LogP contribution < -0.4 is 0 Å². The van der Waals surface area contributed by atoms with E-state index in [1.165, 1.54) is 0 Å². The maximum atomic E-state index is 10.4. The Balaban J connectivity index is 1.75. The number of aromatic hydroxyl groups is 4. The Morgan fingerprint density at radius 3 is 1.31 bits per heavy atom. The van der Waals surface area contributed by atoms with Crippen molar-refractivity contribution in [3.63, 3.8) is 0 Å². The van der Waals surface area contributed by atoms with Crippen LogP contribution in [0.5, 0.6) is 23.0 Å². The summed E-state index contributed by atoms with van der Waals surface area (Å²) < 4.78 is 0. The monoisotopic (exact) mass is 458 g/mol. The molecule has 0 atom stereocenters. The van der Waals surface area contributed by atoms with Gasteiger partial charge in [-0.05, 0) is 73.3 Å². The lowest BCUT2D eigenvalue weighted by atomic mass is 9.79. The molecule has 0 aliphatic carbocycles. The van der Waals surface area contributed by atoms with Crippen LogP contribution in [-0.2, 0) is 0 Å². The van der Waals surface area contributed by atoms with Crippen LogP contribution in [0.15, 0.2) is 103 Å². The van der Waals surface area contributed by atoms with E-state index in [1.807, 2.05) is 54.6 Å². The normalized spacial score (nSPS) is 11.6. The van der Waals surface area contributed by atoms with Gasteiger partial charge in [-0.3, -0.25) is 0 Å². The number of phenolic OH excluding ortho intramolecular Hbond substituents is 4. The number of phenols is 4. The van der Waals surface area contributed by atoms with Crippen LogP contribution >= 0.6 is 0 Å². The summed E-state index contributed by atoms with van der Waals surface area (Å²) in [5.74, 6) is -0.950. The van der Waals surface area contributed by atoms with Crippen molar-refractivity contribution in [2.24, 2.45) is 0 Å². The molecule has 0 aliphatic heterocycles. The molecule has 4 N–H and O–H groups in total. The van der Waals surface area contributed by atoms with E-state index in [9.17, 15) is 20.4 Å². The highest BCUT2D eigenvalue weighted by Gasteiger charge is 2.24. The summed E-state index contributed by atoms with van der Waals surface area (Å²) in [7, 11) is 0. The van der Waals surface area contributed by atoms with Gasteiger partial charge in [0.15, 0.2) is 23.0 Å². The molecule has 6 aromatic rings. The van der Waals surface area contributed by atoms with Gasteiger partial charge in [-0.2, -0.15) is 0 Å². The van der Waals surface area contributed by atoms with Crippen LogP contribution in [0.3, 0.4) is 0 Å². The van der Waals surface area contributed by atoms with E-state index < -0.39 is 0 Å². The highest BCUT2D eigenvalue weighted by atomic mass is 16.3. The highest BCUT2D eigenvalue weighted by molar-refractivity contribution is 5.96. The molecule has 6 rings (SSSR count). The van der Waals surface area contributed by atoms with Gasteiger partial charge in [0.25, 0.3) is 0 Å². The third-order valence-electron chi connectivity index (χ3n) is 6.77. The van der Waals surface area contributed by atoms with Gasteiger partial charge in [-0.25, -0.2) is 0 Å². The molecule has 0 fully saturated rings. The van der Waals surface area contributed by atoms with Gasteiger partial charge in [0, 0.05) is 5.92 Å². The Hall–Kier alpha value is -4.70. The first kappa shape index (κ1) is 20.9. The van der Waals surface area contributed by atoms with Crippen molar-refractivity contribution in [3.8, 4) is 23.0 Å². The van der Waals surface area contributed by atoms with Gasteiger partial charge >= 0.3 is 0 Å². The third-order valence-corrected chi connectivity index (χ3v) is 6.77. The maximum absolute atomic E-state index is 10.4. The van der Waals surface area contributed by atoms with Crippen LogP contribution in [0.2, 0.25) is 0 Å². The van der Waals surface area contributed by atoms with Crippen LogP contribution in [0.4, 0.5) is 0 Å². The Bertz CT molecular complexity index is 1660. The smallest absolute Gasteiger partial charge is 0.158 e. The predicted molar refractivity (Wildman–Crippen MR) is 139 cm³/mol. The Kier molecular flexibility index (Phi) is 4.75. The number of hydrogen-bond donors (Lipinski definition) is 4. The van der Waals surface area contributed by atoms with Crippen molar-refractivity contribution in [2.45, 2.75) is 5.92 Å². The summed E-state index contributed by atoms with van der Waals surface area (Å²) >= 11 is 0. The van der Waals surface area contributed by atoms with Gasteiger partial charge in [0.1, 0.15) is 0 Å². The van der Waals surface area contributed by atoms with Gasteiger partial charge in [0.05, 0.1) is 0 Å². The molecular formula is C31H22O4. The van der Waals surface area contributed by atoms with Crippen molar-refractivity contribution in [3.05, 3.63) is 120 Å². The molecule has 0 amide bonds. The molecule has 4 nitrogen and oxygen atoms in total. The van der Waals surface area contributed by atoms with Crippen molar-refractivity contribution < 1.29 is 20.4 Å². The second-order valence-electron chi connectivity index (χ2n) is 8.82. The summed E-state index contributed by atoms with van der Waals surface area (Å²) in [5, 5.41) is 46.4. The number of fused-ring (bicyclic) bond motifs is 3. The molecule has 35 heavy (non-hydrogen) atoms. The summed E-state index contributed by atoms with van der Waals surface area (Å²) in [6, 6.07) is 32.5. The first-order chi connectivity index (χ1) is 17.0. The fourth-order valence-electron chi connectivity index (χ4n) is 5.16. The van der Waals surface area contributed by atoms with Crippen molar-refractivity contribution in [2.75, 3.05) is 0 Å². The van der Waals surface area contributed by atoms with Crippen LogP contribution in [0, 0.1) is 0 Å². The van der Waals surface area contributed by atoms with E-state index >= 15 is 0 Å². The lowest BCUT2D eigenvalue weighted by Crippen LogP contribution is -2.06. The van der Waals surface area contributed by atoms with Gasteiger partial charge in [-0.15, -0.1) is 0 Å². The van der Waals surface area contributed by atoms with Gasteiger partial charge in [0.2, 0.25) is 0 Å². The van der Waals surface area contributed by atoms with E-state index in [-0.39, 0.29) is 28.9 Å². The quantitative estimate of drug-likeness (QED) is 0.168. The lowest BCUT2D eigenvalue weighted by Gasteiger charge is -2.24. The molecule has 0 saturated heterocycles. The molecular weight excluding hydrogens is 436 g/mol. The second kappa shape index (κ2) is 7.96. The van der Waals surface area contributed by atoms with Gasteiger partial charge in [-0.1, -0.05) is 78.9 Å². The van der Waals surface area contributed by atoms with Crippen molar-refractivity contribution in [1.82, 2.24) is 0 Å². The van der Waals surface area contributed by atoms with Crippen molar-refractivity contribution >= 4 is 32.3 Å². The van der Waals surface area contributed by atoms with Crippen LogP contribution in [0.25, 0.3) is 32.3 Å². The maximum Gasteiger partial charge on any atom is 0.158 e. The summed E-state index contributed by atoms with van der Waals surface area (Å²) in [6.07, 6.45) is 0.